The van der Waals surface area contributed by atoms with Crippen molar-refractivity contribution in [2.75, 3.05) is 13.2 Å². The Kier molecular flexibility index (Phi) is 3.50. The van der Waals surface area contributed by atoms with Gasteiger partial charge >= 0.3 is 0 Å². The summed E-state index contributed by atoms with van der Waals surface area (Å²) in [6, 6.07) is 0. The smallest absolute Gasteiger partial charge is 0.122 e. The summed E-state index contributed by atoms with van der Waals surface area (Å²) >= 11 is 1.65. The fraction of sp³-hybridized carbons (Fsp3) is 0.700. The monoisotopic (exact) mass is 213 g/mol. The number of hydrogen-bond acceptors (Lipinski definition) is 4. The maximum atomic E-state index is 8.77. The van der Waals surface area contributed by atoms with Crippen LogP contribution < -0.4 is 0 Å². The largest absolute Gasteiger partial charge is 0.396 e. The fourth-order valence-corrected chi connectivity index (χ4v) is 2.57. The van der Waals surface area contributed by atoms with Crippen LogP contribution in [0.1, 0.15) is 36.1 Å². The highest BCUT2D eigenvalue weighted by Gasteiger charge is 2.18. The van der Waals surface area contributed by atoms with Gasteiger partial charge in [0.05, 0.1) is 5.69 Å². The lowest BCUT2D eigenvalue weighted by atomic mass is 10.1. The molecular weight excluding hydrogens is 198 g/mol. The number of rotatable bonds is 3. The van der Waals surface area contributed by atoms with Crippen LogP contribution in [0.2, 0.25) is 0 Å². The Morgan fingerprint density at radius 2 is 2.50 bits per heavy atom. The first kappa shape index (κ1) is 10.1. The molecule has 0 spiro atoms. The summed E-state index contributed by atoms with van der Waals surface area (Å²) in [6.07, 6.45) is 4.36. The topological polar surface area (TPSA) is 42.4 Å². The molecule has 0 amide bonds. The molecule has 78 valence electrons. The van der Waals surface area contributed by atoms with Gasteiger partial charge in [-0.15, -0.1) is 11.3 Å². The maximum Gasteiger partial charge on any atom is 0.122 e. The second-order valence-electron chi connectivity index (χ2n) is 3.51. The molecule has 0 bridgehead atoms. The predicted molar refractivity (Wildman–Crippen MR) is 55.4 cm³/mol. The number of thiazole rings is 1. The second-order valence-corrected chi connectivity index (χ2v) is 4.40. The van der Waals surface area contributed by atoms with Crippen LogP contribution in [0, 0.1) is 0 Å². The first-order valence-electron chi connectivity index (χ1n) is 5.07. The van der Waals surface area contributed by atoms with Crippen LogP contribution in [0.25, 0.3) is 0 Å². The molecule has 1 aromatic heterocycles. The predicted octanol–water partition coefficient (Wildman–Crippen LogP) is 1.92. The molecule has 1 unspecified atom stereocenters. The van der Waals surface area contributed by atoms with E-state index in [1.807, 2.05) is 5.38 Å². The first-order valence-corrected chi connectivity index (χ1v) is 5.95. The van der Waals surface area contributed by atoms with Crippen molar-refractivity contribution in [3.05, 3.63) is 16.1 Å². The Hall–Kier alpha value is -0.450. The van der Waals surface area contributed by atoms with Gasteiger partial charge in [0, 0.05) is 25.0 Å². The molecule has 1 atom stereocenters. The van der Waals surface area contributed by atoms with Crippen LogP contribution in [-0.2, 0) is 11.2 Å². The van der Waals surface area contributed by atoms with E-state index in [1.54, 1.807) is 11.3 Å². The fourth-order valence-electron chi connectivity index (χ4n) is 1.64. The Morgan fingerprint density at radius 3 is 3.21 bits per heavy atom. The minimum atomic E-state index is 0.175. The van der Waals surface area contributed by atoms with Crippen LogP contribution in [0.4, 0.5) is 0 Å². The molecule has 1 fully saturated rings. The van der Waals surface area contributed by atoms with E-state index in [0.717, 1.165) is 23.7 Å². The molecule has 0 radical (unpaired) electrons. The summed E-state index contributed by atoms with van der Waals surface area (Å²) in [5.41, 5.74) is 0.988. The van der Waals surface area contributed by atoms with E-state index in [2.05, 4.69) is 4.98 Å². The van der Waals surface area contributed by atoms with E-state index < -0.39 is 0 Å². The van der Waals surface area contributed by atoms with Crippen molar-refractivity contribution in [2.24, 2.45) is 0 Å². The summed E-state index contributed by atoms with van der Waals surface area (Å²) in [5, 5.41) is 11.9. The van der Waals surface area contributed by atoms with E-state index in [9.17, 15) is 0 Å². The van der Waals surface area contributed by atoms with Gasteiger partial charge in [0.15, 0.2) is 0 Å². The lowest BCUT2D eigenvalue weighted by Gasteiger charge is -2.20. The zero-order chi connectivity index (χ0) is 9.80. The van der Waals surface area contributed by atoms with Gasteiger partial charge in [0.25, 0.3) is 0 Å². The summed E-state index contributed by atoms with van der Waals surface area (Å²) in [6.45, 7) is 1.04. The van der Waals surface area contributed by atoms with Crippen LogP contribution in [-0.4, -0.2) is 23.3 Å². The molecule has 2 rings (SSSR count). The lowest BCUT2D eigenvalue weighted by Crippen LogP contribution is -2.11. The van der Waals surface area contributed by atoms with E-state index in [4.69, 9.17) is 9.84 Å². The van der Waals surface area contributed by atoms with Crippen molar-refractivity contribution in [3.63, 3.8) is 0 Å². The standard InChI is InChI=1S/C10H15NO2S/c12-5-4-8-7-14-10(11-8)9-3-1-2-6-13-9/h7,9,12H,1-6H2. The average molecular weight is 213 g/mol. The molecule has 1 N–H and O–H groups in total. The second kappa shape index (κ2) is 4.87. The summed E-state index contributed by atoms with van der Waals surface area (Å²) in [7, 11) is 0. The quantitative estimate of drug-likeness (QED) is 0.834. The third-order valence-electron chi connectivity index (χ3n) is 2.39. The Morgan fingerprint density at radius 1 is 1.57 bits per heavy atom. The third-order valence-corrected chi connectivity index (χ3v) is 3.38. The number of nitrogens with zero attached hydrogens (tertiary/aromatic N) is 1. The molecule has 0 aliphatic carbocycles. The summed E-state index contributed by atoms with van der Waals surface area (Å²) < 4.78 is 5.64. The average Bonchev–Trinajstić information content (AvgIpc) is 2.68. The van der Waals surface area contributed by atoms with Gasteiger partial charge in [-0.05, 0) is 19.3 Å². The minimum absolute atomic E-state index is 0.175. The molecule has 1 aliphatic heterocycles. The molecule has 1 saturated heterocycles. The van der Waals surface area contributed by atoms with Gasteiger partial charge in [0.2, 0.25) is 0 Å². The molecule has 14 heavy (non-hydrogen) atoms. The van der Waals surface area contributed by atoms with Gasteiger partial charge in [-0.25, -0.2) is 4.98 Å². The van der Waals surface area contributed by atoms with Crippen LogP contribution in [0.15, 0.2) is 5.38 Å². The van der Waals surface area contributed by atoms with Crippen LogP contribution in [0.5, 0.6) is 0 Å². The third kappa shape index (κ3) is 2.32. The number of aromatic nitrogens is 1. The number of ether oxygens (including phenoxy) is 1. The molecule has 0 saturated carbocycles. The van der Waals surface area contributed by atoms with Crippen molar-refractivity contribution in [1.82, 2.24) is 4.98 Å². The highest BCUT2D eigenvalue weighted by molar-refractivity contribution is 7.09. The van der Waals surface area contributed by atoms with E-state index in [0.29, 0.717) is 6.42 Å². The number of aliphatic hydroxyl groups is 1. The van der Waals surface area contributed by atoms with Crippen LogP contribution >= 0.6 is 11.3 Å². The Bertz CT molecular complexity index is 281. The molecule has 0 aromatic carbocycles. The molecule has 3 nitrogen and oxygen atoms in total. The minimum Gasteiger partial charge on any atom is -0.396 e. The van der Waals surface area contributed by atoms with Gasteiger partial charge in [-0.1, -0.05) is 0 Å². The van der Waals surface area contributed by atoms with E-state index in [1.165, 1.54) is 12.8 Å². The van der Waals surface area contributed by atoms with Gasteiger partial charge < -0.3 is 9.84 Å². The lowest BCUT2D eigenvalue weighted by molar-refractivity contribution is 0.0147. The highest BCUT2D eigenvalue weighted by atomic mass is 32.1. The maximum absolute atomic E-state index is 8.77. The van der Waals surface area contributed by atoms with Crippen LogP contribution in [0.3, 0.4) is 0 Å². The molecule has 2 heterocycles. The number of aliphatic hydroxyl groups excluding tert-OH is 1. The van der Waals surface area contributed by atoms with Crippen molar-refractivity contribution < 1.29 is 9.84 Å². The van der Waals surface area contributed by atoms with E-state index >= 15 is 0 Å². The SMILES string of the molecule is OCCc1csc(C2CCCCO2)n1. The zero-order valence-corrected chi connectivity index (χ0v) is 8.92. The Balaban J connectivity index is 2.00. The first-order chi connectivity index (χ1) is 6.90. The Labute approximate surface area is 87.7 Å². The van der Waals surface area contributed by atoms with Crippen molar-refractivity contribution in [3.8, 4) is 0 Å². The van der Waals surface area contributed by atoms with Gasteiger partial charge in [-0.2, -0.15) is 0 Å². The van der Waals surface area contributed by atoms with Gasteiger partial charge in [0.1, 0.15) is 11.1 Å². The molecule has 4 heteroatoms. The normalized spacial score (nSPS) is 22.5. The zero-order valence-electron chi connectivity index (χ0n) is 8.11. The molecular formula is C10H15NO2S. The van der Waals surface area contributed by atoms with Crippen molar-refractivity contribution in [2.45, 2.75) is 31.8 Å². The highest BCUT2D eigenvalue weighted by Crippen LogP contribution is 2.29. The van der Waals surface area contributed by atoms with E-state index in [-0.39, 0.29) is 12.7 Å². The summed E-state index contributed by atoms with van der Waals surface area (Å²) in [5.74, 6) is 0. The van der Waals surface area contributed by atoms with Gasteiger partial charge in [-0.3, -0.25) is 0 Å². The summed E-state index contributed by atoms with van der Waals surface area (Å²) in [4.78, 5) is 4.46. The number of hydrogen-bond donors (Lipinski definition) is 1. The van der Waals surface area contributed by atoms with Crippen molar-refractivity contribution in [1.29, 1.82) is 0 Å². The van der Waals surface area contributed by atoms with Crippen molar-refractivity contribution >= 4 is 11.3 Å². The molecule has 1 aromatic rings. The molecule has 1 aliphatic rings.